The lowest BCUT2D eigenvalue weighted by molar-refractivity contribution is 0.602. The van der Waals surface area contributed by atoms with Crippen molar-refractivity contribution in [3.8, 4) is 0 Å². The van der Waals surface area contributed by atoms with Gasteiger partial charge in [-0.2, -0.15) is 0 Å². The van der Waals surface area contributed by atoms with Gasteiger partial charge in [-0.3, -0.25) is 4.98 Å². The van der Waals surface area contributed by atoms with E-state index in [9.17, 15) is 0 Å². The molecule has 0 saturated carbocycles. The number of aromatic nitrogens is 1. The average Bonchev–Trinajstić information content (AvgIpc) is 3.84. The van der Waals surface area contributed by atoms with Crippen LogP contribution in [0.25, 0.3) is 43.9 Å². The van der Waals surface area contributed by atoms with Crippen LogP contribution in [0.4, 0.5) is 34.1 Å². The third kappa shape index (κ3) is 3.87. The summed E-state index contributed by atoms with van der Waals surface area (Å²) >= 11 is 0. The quantitative estimate of drug-likeness (QED) is 0.189. The molecule has 10 rings (SSSR count). The van der Waals surface area contributed by atoms with Crippen LogP contribution in [0.2, 0.25) is 0 Å². The monoisotopic (exact) mass is 641 g/mol. The van der Waals surface area contributed by atoms with Crippen LogP contribution in [-0.2, 0) is 0 Å². The van der Waals surface area contributed by atoms with Gasteiger partial charge in [-0.15, -0.1) is 0 Å². The first-order chi connectivity index (χ1) is 24.0. The number of para-hydroxylation sites is 5. The van der Waals surface area contributed by atoms with E-state index in [-0.39, 0.29) is 12.3 Å². The molecule has 0 fully saturated rings. The van der Waals surface area contributed by atoms with Gasteiger partial charge in [0.05, 0.1) is 47.0 Å². The van der Waals surface area contributed by atoms with Gasteiger partial charge >= 0.3 is 0 Å². The van der Waals surface area contributed by atoms with Gasteiger partial charge in [0.15, 0.2) is 16.7 Å². The van der Waals surface area contributed by atoms with Crippen molar-refractivity contribution in [3.63, 3.8) is 0 Å². The van der Waals surface area contributed by atoms with Gasteiger partial charge in [0.1, 0.15) is 17.9 Å². The highest BCUT2D eigenvalue weighted by atomic mass is 16.3. The van der Waals surface area contributed by atoms with Gasteiger partial charge in [-0.05, 0) is 75.2 Å². The molecule has 0 aliphatic carbocycles. The molecule has 8 aromatic rings. The minimum Gasteiger partial charge on any atom is -0.454 e. The fourth-order valence-corrected chi connectivity index (χ4v) is 8.32. The van der Waals surface area contributed by atoms with E-state index in [0.717, 1.165) is 55.3 Å². The molecule has 0 bridgehead atoms. The van der Waals surface area contributed by atoms with Crippen molar-refractivity contribution in [2.75, 3.05) is 26.3 Å². The molecule has 0 radical (unpaired) electrons. The third-order valence-corrected chi connectivity index (χ3v) is 10.7. The van der Waals surface area contributed by atoms with E-state index in [1.807, 2.05) is 24.5 Å². The Morgan fingerprint density at radius 3 is 1.61 bits per heavy atom. The van der Waals surface area contributed by atoms with Crippen LogP contribution in [0.3, 0.4) is 0 Å². The number of anilines is 6. The summed E-state index contributed by atoms with van der Waals surface area (Å²) in [5.41, 5.74) is 12.9. The molecule has 7 heteroatoms. The number of nitrogens with zero attached hydrogens (tertiary/aromatic N) is 5. The Hall–Kier alpha value is -5.95. The number of pyridine rings is 1. The Kier molecular flexibility index (Phi) is 5.89. The van der Waals surface area contributed by atoms with Crippen LogP contribution in [0, 0.1) is 13.8 Å². The van der Waals surface area contributed by atoms with Crippen molar-refractivity contribution < 1.29 is 8.83 Å². The molecular weight excluding hydrogens is 606 g/mol. The Labute approximate surface area is 284 Å². The van der Waals surface area contributed by atoms with Crippen molar-refractivity contribution >= 4 is 78.0 Å². The summed E-state index contributed by atoms with van der Waals surface area (Å²) in [6, 6.07) is 36.7. The second-order valence-electron chi connectivity index (χ2n) is 13.3. The number of hydrogen-bond acceptors (Lipinski definition) is 7. The van der Waals surface area contributed by atoms with Crippen LogP contribution < -0.4 is 19.6 Å². The van der Waals surface area contributed by atoms with E-state index < -0.39 is 0 Å². The summed E-state index contributed by atoms with van der Waals surface area (Å²) in [7, 11) is 0. The fraction of sp³-hybridized carbons (Fsp3) is 0.167. The Morgan fingerprint density at radius 2 is 1.02 bits per heavy atom. The minimum absolute atomic E-state index is 0.0157. The normalized spacial score (nSPS) is 17.3. The maximum absolute atomic E-state index is 6.61. The van der Waals surface area contributed by atoms with Gasteiger partial charge in [0.25, 0.3) is 0 Å². The van der Waals surface area contributed by atoms with E-state index in [2.05, 4.69) is 143 Å². The molecule has 5 aromatic carbocycles. The summed E-state index contributed by atoms with van der Waals surface area (Å²) in [5.74, 6) is 0. The van der Waals surface area contributed by atoms with Crippen LogP contribution in [0.15, 0.2) is 124 Å². The minimum atomic E-state index is 0.0157. The fourth-order valence-electron chi connectivity index (χ4n) is 8.32. The lowest BCUT2D eigenvalue weighted by atomic mass is 10.1. The van der Waals surface area contributed by atoms with Gasteiger partial charge in [0, 0.05) is 27.7 Å². The molecular formula is C42H35N5O2. The first-order valence-corrected chi connectivity index (χ1v) is 17.0. The van der Waals surface area contributed by atoms with Crippen molar-refractivity contribution in [1.29, 1.82) is 0 Å². The lowest BCUT2D eigenvalue weighted by Gasteiger charge is -2.37. The van der Waals surface area contributed by atoms with Crippen molar-refractivity contribution in [2.45, 2.75) is 40.0 Å². The first kappa shape index (κ1) is 28.1. The lowest BCUT2D eigenvalue weighted by Crippen LogP contribution is -2.49. The van der Waals surface area contributed by atoms with Gasteiger partial charge in [0.2, 0.25) is 0 Å². The van der Waals surface area contributed by atoms with E-state index in [0.29, 0.717) is 6.67 Å². The highest BCUT2D eigenvalue weighted by Crippen LogP contribution is 2.52. The predicted octanol–water partition coefficient (Wildman–Crippen LogP) is 10.8. The SMILES string of the molecule is Cc1ccc2c(oc3ccccc32)c1N1c2ccccc2N(CN2c3ccccc3N(c3c(C)ccc4c3oc3cnccc34)[C@H]2C)[C@H]1C. The summed E-state index contributed by atoms with van der Waals surface area (Å²) in [6.07, 6.45) is 3.69. The van der Waals surface area contributed by atoms with Gasteiger partial charge < -0.3 is 28.4 Å². The number of benzene rings is 5. The summed E-state index contributed by atoms with van der Waals surface area (Å²) in [4.78, 5) is 14.3. The number of rotatable bonds is 4. The zero-order chi connectivity index (χ0) is 33.0. The van der Waals surface area contributed by atoms with Gasteiger partial charge in [-0.1, -0.05) is 66.7 Å². The topological polar surface area (TPSA) is 52.1 Å². The van der Waals surface area contributed by atoms with Gasteiger partial charge in [-0.25, -0.2) is 0 Å². The molecule has 0 N–H and O–H groups in total. The summed E-state index contributed by atoms with van der Waals surface area (Å²) < 4.78 is 13.2. The van der Waals surface area contributed by atoms with E-state index >= 15 is 0 Å². The molecule has 0 spiro atoms. The Bertz CT molecular complexity index is 2420. The molecule has 5 heterocycles. The van der Waals surface area contributed by atoms with Crippen LogP contribution in [0.5, 0.6) is 0 Å². The predicted molar refractivity (Wildman–Crippen MR) is 201 cm³/mol. The first-order valence-electron chi connectivity index (χ1n) is 17.0. The van der Waals surface area contributed by atoms with Crippen LogP contribution in [-0.4, -0.2) is 24.0 Å². The van der Waals surface area contributed by atoms with Crippen molar-refractivity contribution in [2.24, 2.45) is 0 Å². The largest absolute Gasteiger partial charge is 0.454 e. The molecule has 0 amide bonds. The summed E-state index contributed by atoms with van der Waals surface area (Å²) in [6.45, 7) is 9.66. The van der Waals surface area contributed by atoms with Crippen LogP contribution in [0.1, 0.15) is 25.0 Å². The molecule has 3 aromatic heterocycles. The molecule has 0 saturated heterocycles. The molecule has 2 atom stereocenters. The maximum Gasteiger partial charge on any atom is 0.159 e. The molecule has 0 unspecified atom stereocenters. The summed E-state index contributed by atoms with van der Waals surface area (Å²) in [5, 5.41) is 4.47. The van der Waals surface area contributed by atoms with Crippen LogP contribution >= 0.6 is 0 Å². The number of fused-ring (bicyclic) bond motifs is 8. The third-order valence-electron chi connectivity index (χ3n) is 10.7. The zero-order valence-corrected chi connectivity index (χ0v) is 27.9. The molecule has 2 aliphatic heterocycles. The maximum atomic E-state index is 6.61. The molecule has 49 heavy (non-hydrogen) atoms. The standard InChI is InChI=1S/C42H35N5O2/c1-25-17-19-31-29-11-5-10-16-37(29)48-41(31)39(25)46-27(3)44(33-12-6-8-14-35(33)46)24-45-28(4)47(36-15-9-7-13-34(36)45)40-26(2)18-20-32-30-21-22-43-23-38(30)49-42(32)40/h5-23,27-28H,24H2,1-4H3/t27-,28+/m1/s1. The van der Waals surface area contributed by atoms with Crippen molar-refractivity contribution in [3.05, 3.63) is 127 Å². The highest BCUT2D eigenvalue weighted by molar-refractivity contribution is 6.12. The second-order valence-corrected chi connectivity index (χ2v) is 13.3. The Balaban J connectivity index is 1.09. The van der Waals surface area contributed by atoms with E-state index in [1.165, 1.54) is 33.9 Å². The number of aryl methyl sites for hydroxylation is 2. The molecule has 240 valence electrons. The number of hydrogen-bond donors (Lipinski definition) is 0. The Morgan fingerprint density at radius 1 is 0.531 bits per heavy atom. The molecule has 7 nitrogen and oxygen atoms in total. The zero-order valence-electron chi connectivity index (χ0n) is 27.9. The molecule has 2 aliphatic rings. The van der Waals surface area contributed by atoms with E-state index in [4.69, 9.17) is 8.83 Å². The second kappa shape index (κ2) is 10.3. The highest BCUT2D eigenvalue weighted by Gasteiger charge is 2.41. The number of furan rings is 2. The van der Waals surface area contributed by atoms with Crippen molar-refractivity contribution in [1.82, 2.24) is 4.98 Å². The average molecular weight is 642 g/mol. The van der Waals surface area contributed by atoms with E-state index in [1.54, 1.807) is 0 Å². The smallest absolute Gasteiger partial charge is 0.159 e.